The first-order chi connectivity index (χ1) is 9.17. The van der Waals surface area contributed by atoms with Crippen LogP contribution in [0.5, 0.6) is 0 Å². The Kier molecular flexibility index (Phi) is 7.15. The molecule has 4 heteroatoms. The first-order valence-electron chi connectivity index (χ1n) is 6.99. The summed E-state index contributed by atoms with van der Waals surface area (Å²) in [6.45, 7) is 9.40. The molecule has 0 heterocycles. The molecule has 0 aliphatic carbocycles. The number of nitrogens with zero attached hydrogens (tertiary/aromatic N) is 1. The maximum Gasteiger partial charge on any atom is 0.248 e. The van der Waals surface area contributed by atoms with Crippen molar-refractivity contribution in [1.29, 1.82) is 0 Å². The molecule has 106 valence electrons. The molecule has 4 nitrogen and oxygen atoms in total. The van der Waals surface area contributed by atoms with Crippen molar-refractivity contribution in [2.24, 2.45) is 5.73 Å². The smallest absolute Gasteiger partial charge is 0.248 e. The van der Waals surface area contributed by atoms with E-state index in [4.69, 9.17) is 5.73 Å². The molecule has 0 spiro atoms. The molecular formula is C15H25N3O. The summed E-state index contributed by atoms with van der Waals surface area (Å²) in [6.07, 6.45) is 1.19. The summed E-state index contributed by atoms with van der Waals surface area (Å²) in [4.78, 5) is 13.5. The largest absolute Gasteiger partial charge is 0.366 e. The van der Waals surface area contributed by atoms with Crippen LogP contribution in [0.15, 0.2) is 24.3 Å². The zero-order valence-corrected chi connectivity index (χ0v) is 12.0. The van der Waals surface area contributed by atoms with Gasteiger partial charge in [-0.05, 0) is 37.2 Å². The van der Waals surface area contributed by atoms with Crippen LogP contribution in [-0.2, 0) is 6.54 Å². The second-order valence-electron chi connectivity index (χ2n) is 4.68. The predicted octanol–water partition coefficient (Wildman–Crippen LogP) is 1.61. The summed E-state index contributed by atoms with van der Waals surface area (Å²) in [5.74, 6) is -0.373. The third-order valence-corrected chi connectivity index (χ3v) is 3.13. The average Bonchev–Trinajstić information content (AvgIpc) is 2.42. The molecule has 0 atom stereocenters. The Bertz CT molecular complexity index is 393. The molecule has 0 unspecified atom stereocenters. The third kappa shape index (κ3) is 5.85. The van der Waals surface area contributed by atoms with Crippen molar-refractivity contribution in [3.8, 4) is 0 Å². The van der Waals surface area contributed by atoms with Crippen LogP contribution >= 0.6 is 0 Å². The van der Waals surface area contributed by atoms with E-state index in [-0.39, 0.29) is 5.91 Å². The molecule has 3 N–H and O–H groups in total. The van der Waals surface area contributed by atoms with Gasteiger partial charge in [-0.3, -0.25) is 4.79 Å². The lowest BCUT2D eigenvalue weighted by Crippen LogP contribution is -2.32. The summed E-state index contributed by atoms with van der Waals surface area (Å²) >= 11 is 0. The number of hydrogen-bond donors (Lipinski definition) is 2. The van der Waals surface area contributed by atoms with E-state index in [1.54, 1.807) is 6.07 Å². The van der Waals surface area contributed by atoms with Gasteiger partial charge in [0.25, 0.3) is 0 Å². The van der Waals surface area contributed by atoms with Gasteiger partial charge >= 0.3 is 0 Å². The summed E-state index contributed by atoms with van der Waals surface area (Å²) < 4.78 is 0. The molecule has 1 amide bonds. The van der Waals surface area contributed by atoms with Crippen molar-refractivity contribution < 1.29 is 4.79 Å². The van der Waals surface area contributed by atoms with Crippen LogP contribution in [0.25, 0.3) is 0 Å². The maximum atomic E-state index is 11.1. The second-order valence-corrected chi connectivity index (χ2v) is 4.68. The third-order valence-electron chi connectivity index (χ3n) is 3.13. The Balaban J connectivity index is 2.33. The number of amides is 1. The molecule has 19 heavy (non-hydrogen) atoms. The molecule has 0 saturated heterocycles. The number of nitrogens with two attached hydrogens (primary N) is 1. The Hall–Kier alpha value is -1.39. The Morgan fingerprint density at radius 1 is 1.32 bits per heavy atom. The van der Waals surface area contributed by atoms with Gasteiger partial charge in [-0.1, -0.05) is 26.0 Å². The van der Waals surface area contributed by atoms with Gasteiger partial charge in [-0.25, -0.2) is 0 Å². The van der Waals surface area contributed by atoms with Crippen molar-refractivity contribution in [2.75, 3.05) is 26.2 Å². The van der Waals surface area contributed by atoms with E-state index in [2.05, 4.69) is 24.1 Å². The van der Waals surface area contributed by atoms with Crippen LogP contribution in [0.1, 0.15) is 36.2 Å². The molecule has 1 aromatic carbocycles. The van der Waals surface area contributed by atoms with Crippen LogP contribution < -0.4 is 11.1 Å². The van der Waals surface area contributed by atoms with Crippen LogP contribution in [0.4, 0.5) is 0 Å². The minimum absolute atomic E-state index is 0.373. The SMILES string of the molecule is CCCN(CC)CCNCc1cccc(C(N)=O)c1. The van der Waals surface area contributed by atoms with Crippen molar-refractivity contribution in [3.05, 3.63) is 35.4 Å². The van der Waals surface area contributed by atoms with E-state index in [0.717, 1.165) is 38.3 Å². The van der Waals surface area contributed by atoms with Gasteiger partial charge in [0, 0.05) is 25.2 Å². The van der Waals surface area contributed by atoms with E-state index >= 15 is 0 Å². The number of primary amides is 1. The fourth-order valence-corrected chi connectivity index (χ4v) is 2.05. The highest BCUT2D eigenvalue weighted by Crippen LogP contribution is 2.04. The van der Waals surface area contributed by atoms with E-state index in [9.17, 15) is 4.79 Å². The molecule has 0 aliphatic heterocycles. The van der Waals surface area contributed by atoms with Gasteiger partial charge in [-0.2, -0.15) is 0 Å². The zero-order valence-electron chi connectivity index (χ0n) is 12.0. The van der Waals surface area contributed by atoms with Crippen molar-refractivity contribution in [2.45, 2.75) is 26.8 Å². The summed E-state index contributed by atoms with van der Waals surface area (Å²) in [5, 5.41) is 3.40. The highest BCUT2D eigenvalue weighted by Gasteiger charge is 2.02. The normalized spacial score (nSPS) is 10.9. The van der Waals surface area contributed by atoms with Crippen molar-refractivity contribution in [1.82, 2.24) is 10.2 Å². The van der Waals surface area contributed by atoms with Crippen LogP contribution in [0, 0.1) is 0 Å². The lowest BCUT2D eigenvalue weighted by molar-refractivity contribution is 0.1000. The van der Waals surface area contributed by atoms with Gasteiger partial charge in [-0.15, -0.1) is 0 Å². The topological polar surface area (TPSA) is 58.4 Å². The Morgan fingerprint density at radius 3 is 2.74 bits per heavy atom. The van der Waals surface area contributed by atoms with E-state index in [1.807, 2.05) is 18.2 Å². The first-order valence-corrected chi connectivity index (χ1v) is 6.99. The van der Waals surface area contributed by atoms with Gasteiger partial charge in [0.05, 0.1) is 0 Å². The van der Waals surface area contributed by atoms with Crippen molar-refractivity contribution >= 4 is 5.91 Å². The zero-order chi connectivity index (χ0) is 14.1. The molecule has 1 aromatic rings. The monoisotopic (exact) mass is 263 g/mol. The van der Waals surface area contributed by atoms with E-state index in [1.165, 1.54) is 6.42 Å². The van der Waals surface area contributed by atoms with Gasteiger partial charge in [0.1, 0.15) is 0 Å². The Labute approximate surface area is 116 Å². The fraction of sp³-hybridized carbons (Fsp3) is 0.533. The highest BCUT2D eigenvalue weighted by molar-refractivity contribution is 5.92. The van der Waals surface area contributed by atoms with Crippen LogP contribution in [-0.4, -0.2) is 37.0 Å². The van der Waals surface area contributed by atoms with E-state index in [0.29, 0.717) is 5.56 Å². The molecule has 1 rings (SSSR count). The standard InChI is InChI=1S/C15H25N3O/c1-3-9-18(4-2)10-8-17-12-13-6-5-7-14(11-13)15(16)19/h5-7,11,17H,3-4,8-10,12H2,1-2H3,(H2,16,19). The van der Waals surface area contributed by atoms with E-state index < -0.39 is 0 Å². The lowest BCUT2D eigenvalue weighted by Gasteiger charge is -2.19. The quantitative estimate of drug-likeness (QED) is 0.665. The molecule has 0 fully saturated rings. The lowest BCUT2D eigenvalue weighted by atomic mass is 10.1. The van der Waals surface area contributed by atoms with Gasteiger partial charge < -0.3 is 16.0 Å². The first kappa shape index (κ1) is 15.7. The number of carbonyl (C=O) groups excluding carboxylic acids is 1. The summed E-state index contributed by atoms with van der Waals surface area (Å²) in [6, 6.07) is 7.46. The summed E-state index contributed by atoms with van der Waals surface area (Å²) in [5.41, 5.74) is 6.92. The molecular weight excluding hydrogens is 238 g/mol. The number of nitrogens with one attached hydrogen (secondary N) is 1. The molecule has 0 saturated carbocycles. The van der Waals surface area contributed by atoms with Crippen LogP contribution in [0.3, 0.4) is 0 Å². The number of carbonyl (C=O) groups is 1. The molecule has 0 bridgehead atoms. The molecule has 0 aliphatic rings. The maximum absolute atomic E-state index is 11.1. The number of likely N-dealkylation sites (N-methyl/N-ethyl adjacent to an activating group) is 1. The van der Waals surface area contributed by atoms with Crippen molar-refractivity contribution in [3.63, 3.8) is 0 Å². The summed E-state index contributed by atoms with van der Waals surface area (Å²) in [7, 11) is 0. The molecule has 0 aromatic heterocycles. The van der Waals surface area contributed by atoms with Gasteiger partial charge in [0.15, 0.2) is 0 Å². The Morgan fingerprint density at radius 2 is 2.11 bits per heavy atom. The predicted molar refractivity (Wildman–Crippen MR) is 79.1 cm³/mol. The number of hydrogen-bond acceptors (Lipinski definition) is 3. The van der Waals surface area contributed by atoms with Gasteiger partial charge in [0.2, 0.25) is 5.91 Å². The highest BCUT2D eigenvalue weighted by atomic mass is 16.1. The minimum atomic E-state index is -0.373. The average molecular weight is 263 g/mol. The minimum Gasteiger partial charge on any atom is -0.366 e. The number of benzene rings is 1. The fourth-order valence-electron chi connectivity index (χ4n) is 2.05. The number of rotatable bonds is 9. The molecule has 0 radical (unpaired) electrons. The van der Waals surface area contributed by atoms with Crippen LogP contribution in [0.2, 0.25) is 0 Å². The second kappa shape index (κ2) is 8.67.